The lowest BCUT2D eigenvalue weighted by Crippen LogP contribution is -2.46. The Balaban J connectivity index is 2.20. The Morgan fingerprint density at radius 1 is 1.58 bits per heavy atom. The second-order valence-electron chi connectivity index (χ2n) is 3.49. The minimum atomic E-state index is 0.704. The fourth-order valence-electron chi connectivity index (χ4n) is 1.90. The van der Waals surface area contributed by atoms with Gasteiger partial charge in [-0.2, -0.15) is 0 Å². The molecule has 3 nitrogen and oxygen atoms in total. The SMILES string of the molecule is CCNC1CCCN(CCN)C1. The number of likely N-dealkylation sites (tertiary alicyclic amines) is 1. The van der Waals surface area contributed by atoms with Crippen molar-refractivity contribution in [1.82, 2.24) is 10.2 Å². The Morgan fingerprint density at radius 2 is 2.42 bits per heavy atom. The van der Waals surface area contributed by atoms with Crippen LogP contribution in [0.15, 0.2) is 0 Å². The highest BCUT2D eigenvalue weighted by atomic mass is 15.2. The third kappa shape index (κ3) is 3.09. The van der Waals surface area contributed by atoms with E-state index in [2.05, 4.69) is 17.1 Å². The molecule has 3 heteroatoms. The van der Waals surface area contributed by atoms with Crippen LogP contribution in [0.2, 0.25) is 0 Å². The Kier molecular flexibility index (Phi) is 4.58. The summed E-state index contributed by atoms with van der Waals surface area (Å²) >= 11 is 0. The molecule has 0 radical (unpaired) electrons. The van der Waals surface area contributed by atoms with Gasteiger partial charge in [0.1, 0.15) is 0 Å². The summed E-state index contributed by atoms with van der Waals surface area (Å²) < 4.78 is 0. The highest BCUT2D eigenvalue weighted by Gasteiger charge is 2.17. The minimum Gasteiger partial charge on any atom is -0.329 e. The van der Waals surface area contributed by atoms with Crippen LogP contribution in [0.5, 0.6) is 0 Å². The fraction of sp³-hybridized carbons (Fsp3) is 1.00. The van der Waals surface area contributed by atoms with Crippen molar-refractivity contribution in [3.8, 4) is 0 Å². The maximum Gasteiger partial charge on any atom is 0.0195 e. The number of nitrogens with zero attached hydrogens (tertiary/aromatic N) is 1. The average Bonchev–Trinajstić information content (AvgIpc) is 2.06. The van der Waals surface area contributed by atoms with Crippen LogP contribution in [-0.4, -0.2) is 43.7 Å². The molecule has 0 spiro atoms. The van der Waals surface area contributed by atoms with Crippen LogP contribution in [0, 0.1) is 0 Å². The summed E-state index contributed by atoms with van der Waals surface area (Å²) in [5.74, 6) is 0. The third-order valence-electron chi connectivity index (χ3n) is 2.44. The first-order valence-electron chi connectivity index (χ1n) is 5.02. The van der Waals surface area contributed by atoms with Crippen LogP contribution in [0.3, 0.4) is 0 Å². The lowest BCUT2D eigenvalue weighted by Gasteiger charge is -2.32. The Bertz CT molecular complexity index is 100. The van der Waals surface area contributed by atoms with Crippen molar-refractivity contribution < 1.29 is 0 Å². The summed E-state index contributed by atoms with van der Waals surface area (Å²) in [6, 6.07) is 0.704. The first kappa shape index (κ1) is 9.96. The molecular formula is C9H21N3. The summed E-state index contributed by atoms with van der Waals surface area (Å²) in [5, 5.41) is 3.49. The predicted molar refractivity (Wildman–Crippen MR) is 52.2 cm³/mol. The number of piperidine rings is 1. The molecule has 0 aromatic carbocycles. The zero-order valence-electron chi connectivity index (χ0n) is 8.05. The van der Waals surface area contributed by atoms with E-state index >= 15 is 0 Å². The topological polar surface area (TPSA) is 41.3 Å². The van der Waals surface area contributed by atoms with Gasteiger partial charge < -0.3 is 16.0 Å². The summed E-state index contributed by atoms with van der Waals surface area (Å²) in [6.07, 6.45) is 2.65. The first-order chi connectivity index (χ1) is 5.86. The lowest BCUT2D eigenvalue weighted by molar-refractivity contribution is 0.196. The Hall–Kier alpha value is -0.120. The van der Waals surface area contributed by atoms with Crippen LogP contribution in [-0.2, 0) is 0 Å². The van der Waals surface area contributed by atoms with E-state index in [0.29, 0.717) is 6.04 Å². The summed E-state index contributed by atoms with van der Waals surface area (Å²) in [7, 11) is 0. The molecule has 1 unspecified atom stereocenters. The van der Waals surface area contributed by atoms with E-state index in [1.165, 1.54) is 25.9 Å². The van der Waals surface area contributed by atoms with E-state index in [4.69, 9.17) is 5.73 Å². The summed E-state index contributed by atoms with van der Waals surface area (Å²) in [4.78, 5) is 2.46. The quantitative estimate of drug-likeness (QED) is 0.626. The van der Waals surface area contributed by atoms with Gasteiger partial charge >= 0.3 is 0 Å². The molecule has 0 saturated carbocycles. The van der Waals surface area contributed by atoms with Gasteiger partial charge in [-0.25, -0.2) is 0 Å². The molecule has 72 valence electrons. The Labute approximate surface area is 75.3 Å². The van der Waals surface area contributed by atoms with Gasteiger partial charge in [-0.3, -0.25) is 0 Å². The second-order valence-corrected chi connectivity index (χ2v) is 3.49. The van der Waals surface area contributed by atoms with Gasteiger partial charge in [0.15, 0.2) is 0 Å². The number of rotatable bonds is 4. The van der Waals surface area contributed by atoms with Crippen molar-refractivity contribution >= 4 is 0 Å². The van der Waals surface area contributed by atoms with Crippen LogP contribution < -0.4 is 11.1 Å². The van der Waals surface area contributed by atoms with Gasteiger partial charge in [-0.15, -0.1) is 0 Å². The summed E-state index contributed by atoms with van der Waals surface area (Å²) in [5.41, 5.74) is 5.52. The molecule has 1 fully saturated rings. The highest BCUT2D eigenvalue weighted by molar-refractivity contribution is 4.77. The molecule has 0 bridgehead atoms. The third-order valence-corrected chi connectivity index (χ3v) is 2.44. The molecule has 0 aromatic heterocycles. The number of likely N-dealkylation sites (N-methyl/N-ethyl adjacent to an activating group) is 1. The van der Waals surface area contributed by atoms with E-state index < -0.39 is 0 Å². The van der Waals surface area contributed by atoms with Crippen molar-refractivity contribution in [2.45, 2.75) is 25.8 Å². The molecule has 1 aliphatic rings. The normalized spacial score (nSPS) is 26.0. The zero-order chi connectivity index (χ0) is 8.81. The highest BCUT2D eigenvalue weighted by Crippen LogP contribution is 2.08. The van der Waals surface area contributed by atoms with Crippen molar-refractivity contribution in [3.63, 3.8) is 0 Å². The molecule has 1 heterocycles. The van der Waals surface area contributed by atoms with Crippen molar-refractivity contribution in [1.29, 1.82) is 0 Å². The van der Waals surface area contributed by atoms with Crippen LogP contribution >= 0.6 is 0 Å². The largest absolute Gasteiger partial charge is 0.329 e. The van der Waals surface area contributed by atoms with E-state index in [9.17, 15) is 0 Å². The molecule has 1 aliphatic heterocycles. The molecule has 1 rings (SSSR count). The van der Waals surface area contributed by atoms with Gasteiger partial charge in [-0.1, -0.05) is 6.92 Å². The van der Waals surface area contributed by atoms with E-state index in [0.717, 1.165) is 19.6 Å². The average molecular weight is 171 g/mol. The smallest absolute Gasteiger partial charge is 0.0195 e. The predicted octanol–water partition coefficient (Wildman–Crippen LogP) is 0.0190. The van der Waals surface area contributed by atoms with Crippen molar-refractivity contribution in [2.24, 2.45) is 5.73 Å². The molecule has 1 saturated heterocycles. The van der Waals surface area contributed by atoms with Crippen LogP contribution in [0.1, 0.15) is 19.8 Å². The van der Waals surface area contributed by atoms with E-state index in [1.54, 1.807) is 0 Å². The van der Waals surface area contributed by atoms with Gasteiger partial charge in [0.2, 0.25) is 0 Å². The Morgan fingerprint density at radius 3 is 3.08 bits per heavy atom. The molecule has 12 heavy (non-hydrogen) atoms. The van der Waals surface area contributed by atoms with Crippen molar-refractivity contribution in [2.75, 3.05) is 32.7 Å². The van der Waals surface area contributed by atoms with E-state index in [1.807, 2.05) is 0 Å². The number of hydrogen-bond donors (Lipinski definition) is 2. The first-order valence-corrected chi connectivity index (χ1v) is 5.02. The maximum atomic E-state index is 5.52. The van der Waals surface area contributed by atoms with Gasteiger partial charge in [0.05, 0.1) is 0 Å². The standard InChI is InChI=1S/C9H21N3/c1-2-11-9-4-3-6-12(8-9)7-5-10/h9,11H,2-8,10H2,1H3. The van der Waals surface area contributed by atoms with Gasteiger partial charge in [0.25, 0.3) is 0 Å². The number of nitrogens with two attached hydrogens (primary N) is 1. The number of hydrogen-bond acceptors (Lipinski definition) is 3. The maximum absolute atomic E-state index is 5.52. The van der Waals surface area contributed by atoms with Crippen LogP contribution in [0.25, 0.3) is 0 Å². The molecule has 3 N–H and O–H groups in total. The van der Waals surface area contributed by atoms with Crippen molar-refractivity contribution in [3.05, 3.63) is 0 Å². The fourth-order valence-corrected chi connectivity index (χ4v) is 1.90. The van der Waals surface area contributed by atoms with Gasteiger partial charge in [0, 0.05) is 25.7 Å². The lowest BCUT2D eigenvalue weighted by atomic mass is 10.1. The van der Waals surface area contributed by atoms with Gasteiger partial charge in [-0.05, 0) is 25.9 Å². The molecule has 0 aromatic rings. The second kappa shape index (κ2) is 5.51. The molecule has 0 amide bonds. The summed E-state index contributed by atoms with van der Waals surface area (Å²) in [6.45, 7) is 7.52. The molecular weight excluding hydrogens is 150 g/mol. The number of nitrogens with one attached hydrogen (secondary N) is 1. The van der Waals surface area contributed by atoms with Crippen LogP contribution in [0.4, 0.5) is 0 Å². The minimum absolute atomic E-state index is 0.704. The molecule has 1 atom stereocenters. The molecule has 0 aliphatic carbocycles. The zero-order valence-corrected chi connectivity index (χ0v) is 8.05. The van der Waals surface area contributed by atoms with E-state index in [-0.39, 0.29) is 0 Å². The monoisotopic (exact) mass is 171 g/mol.